The van der Waals surface area contributed by atoms with Gasteiger partial charge in [0, 0.05) is 25.9 Å². The zero-order valence-electron chi connectivity index (χ0n) is 10.1. The Balaban J connectivity index is 1.99. The fourth-order valence-corrected chi connectivity index (χ4v) is 1.46. The smallest absolute Gasteiger partial charge is 0.158 e. The van der Waals surface area contributed by atoms with Crippen LogP contribution in [0.25, 0.3) is 0 Å². The van der Waals surface area contributed by atoms with Gasteiger partial charge in [-0.25, -0.2) is 0 Å². The first kappa shape index (κ1) is 13.1. The molecule has 0 bridgehead atoms. The monoisotopic (exact) mass is 220 g/mol. The van der Waals surface area contributed by atoms with E-state index in [1.165, 1.54) is 6.42 Å². The average Bonchev–Trinajstić information content (AvgIpc) is 2.34. The molecule has 1 heterocycles. The number of rotatable bonds is 3. The molecule has 1 unspecified atom stereocenters. The molecule has 0 aliphatic carbocycles. The molecule has 0 N–H and O–H groups in total. The van der Waals surface area contributed by atoms with E-state index in [1.807, 2.05) is 0 Å². The summed E-state index contributed by atoms with van der Waals surface area (Å²) in [7, 11) is 0. The molecule has 16 heavy (non-hydrogen) atoms. The molecule has 0 spiro atoms. The first-order valence-corrected chi connectivity index (χ1v) is 6.08. The van der Waals surface area contributed by atoms with Gasteiger partial charge < -0.3 is 9.47 Å². The van der Waals surface area contributed by atoms with Gasteiger partial charge in [-0.3, -0.25) is 0 Å². The number of hydrogen-bond donors (Lipinski definition) is 0. The summed E-state index contributed by atoms with van der Waals surface area (Å²) >= 11 is 0. The summed E-state index contributed by atoms with van der Waals surface area (Å²) in [6, 6.07) is 0. The van der Waals surface area contributed by atoms with Crippen molar-refractivity contribution in [1.82, 2.24) is 0 Å². The minimum Gasteiger partial charge on any atom is -0.353 e. The molecule has 1 aliphatic heterocycles. The van der Waals surface area contributed by atoms with Crippen molar-refractivity contribution >= 4 is 0 Å². The quantitative estimate of drug-likeness (QED) is 0.538. The molecule has 1 rings (SSSR count). The van der Waals surface area contributed by atoms with Gasteiger partial charge in [-0.05, 0) is 19.3 Å². The lowest BCUT2D eigenvalue weighted by molar-refractivity contribution is -0.154. The predicted molar refractivity (Wildman–Crippen MR) is 64.6 cm³/mol. The topological polar surface area (TPSA) is 18.5 Å². The maximum atomic E-state index is 5.48. The lowest BCUT2D eigenvalue weighted by Gasteiger charge is -2.21. The fraction of sp³-hybridized carbons (Fsp3) is 0.714. The van der Waals surface area contributed by atoms with Crippen LogP contribution < -0.4 is 0 Å². The van der Waals surface area contributed by atoms with Crippen molar-refractivity contribution in [2.75, 3.05) is 13.2 Å². The van der Waals surface area contributed by atoms with Gasteiger partial charge in [-0.1, -0.05) is 18.8 Å². The highest BCUT2D eigenvalue weighted by Crippen LogP contribution is 2.12. The highest BCUT2D eigenvalue weighted by molar-refractivity contribution is 5.05. The molecule has 0 amide bonds. The van der Waals surface area contributed by atoms with E-state index in [2.05, 4.69) is 30.6 Å². The van der Waals surface area contributed by atoms with Crippen LogP contribution in [0.5, 0.6) is 0 Å². The standard InChI is InChI=1S/C14H20O2/c1-2-3-4-5-6-7-9-12-15-14-11-8-10-13-16-14/h14H,2,5-6,8,10-13H2,1H3. The summed E-state index contributed by atoms with van der Waals surface area (Å²) in [4.78, 5) is 0. The molecule has 0 aromatic heterocycles. The van der Waals surface area contributed by atoms with Crippen LogP contribution in [0, 0.1) is 23.7 Å². The van der Waals surface area contributed by atoms with E-state index >= 15 is 0 Å². The normalized spacial score (nSPS) is 19.2. The van der Waals surface area contributed by atoms with Crippen LogP contribution >= 0.6 is 0 Å². The molecule has 0 saturated carbocycles. The van der Waals surface area contributed by atoms with Gasteiger partial charge in [0.25, 0.3) is 0 Å². The van der Waals surface area contributed by atoms with Crippen LogP contribution in [0.3, 0.4) is 0 Å². The van der Waals surface area contributed by atoms with E-state index in [1.54, 1.807) is 0 Å². The van der Waals surface area contributed by atoms with Gasteiger partial charge in [0.2, 0.25) is 0 Å². The van der Waals surface area contributed by atoms with E-state index in [0.29, 0.717) is 6.61 Å². The van der Waals surface area contributed by atoms with E-state index in [-0.39, 0.29) is 6.29 Å². The van der Waals surface area contributed by atoms with E-state index in [9.17, 15) is 0 Å². The van der Waals surface area contributed by atoms with E-state index in [4.69, 9.17) is 9.47 Å². The van der Waals surface area contributed by atoms with Crippen molar-refractivity contribution in [2.45, 2.75) is 51.7 Å². The molecule has 1 aliphatic rings. The van der Waals surface area contributed by atoms with Crippen LogP contribution in [-0.4, -0.2) is 19.5 Å². The van der Waals surface area contributed by atoms with E-state index in [0.717, 1.165) is 38.7 Å². The third kappa shape index (κ3) is 6.51. The second kappa shape index (κ2) is 9.28. The molecule has 2 nitrogen and oxygen atoms in total. The lowest BCUT2D eigenvalue weighted by Crippen LogP contribution is -2.22. The zero-order chi connectivity index (χ0) is 11.5. The van der Waals surface area contributed by atoms with Crippen LogP contribution in [-0.2, 0) is 9.47 Å². The van der Waals surface area contributed by atoms with Crippen molar-refractivity contribution in [3.8, 4) is 23.7 Å². The minimum absolute atomic E-state index is 0.0251. The molecular weight excluding hydrogens is 200 g/mol. The molecule has 88 valence electrons. The largest absolute Gasteiger partial charge is 0.353 e. The van der Waals surface area contributed by atoms with Gasteiger partial charge in [0.05, 0.1) is 0 Å². The van der Waals surface area contributed by atoms with Crippen molar-refractivity contribution in [3.63, 3.8) is 0 Å². The summed E-state index contributed by atoms with van der Waals surface area (Å²) in [5.41, 5.74) is 0. The highest BCUT2D eigenvalue weighted by atomic mass is 16.7. The van der Waals surface area contributed by atoms with E-state index < -0.39 is 0 Å². The Kier molecular flexibility index (Phi) is 7.60. The summed E-state index contributed by atoms with van der Waals surface area (Å²) in [6.07, 6.45) is 5.96. The Bertz CT molecular complexity index is 281. The molecule has 1 fully saturated rings. The second-order valence-corrected chi connectivity index (χ2v) is 3.67. The van der Waals surface area contributed by atoms with Gasteiger partial charge in [-0.2, -0.15) is 0 Å². The summed E-state index contributed by atoms with van der Waals surface area (Å²) < 4.78 is 10.9. The number of hydrogen-bond acceptors (Lipinski definition) is 2. The van der Waals surface area contributed by atoms with Crippen molar-refractivity contribution in [1.29, 1.82) is 0 Å². The van der Waals surface area contributed by atoms with Gasteiger partial charge in [-0.15, -0.1) is 11.8 Å². The molecule has 2 heteroatoms. The zero-order valence-corrected chi connectivity index (χ0v) is 10.1. The lowest BCUT2D eigenvalue weighted by atomic mass is 10.2. The Hall–Kier alpha value is -0.960. The molecule has 0 radical (unpaired) electrons. The first-order valence-electron chi connectivity index (χ1n) is 6.08. The Morgan fingerprint density at radius 2 is 1.94 bits per heavy atom. The molecule has 1 atom stereocenters. The average molecular weight is 220 g/mol. The maximum Gasteiger partial charge on any atom is 0.158 e. The summed E-state index contributed by atoms with van der Waals surface area (Å²) in [5.74, 6) is 12.1. The van der Waals surface area contributed by atoms with Gasteiger partial charge >= 0.3 is 0 Å². The molecule has 0 aromatic rings. The first-order chi connectivity index (χ1) is 7.93. The number of ether oxygens (including phenoxy) is 2. The molecular formula is C14H20O2. The van der Waals surface area contributed by atoms with Crippen LogP contribution in [0.15, 0.2) is 0 Å². The van der Waals surface area contributed by atoms with Gasteiger partial charge in [0.15, 0.2) is 6.29 Å². The SMILES string of the molecule is CCC#CCCC#CCOC1CCCCO1. The third-order valence-corrected chi connectivity index (χ3v) is 2.28. The summed E-state index contributed by atoms with van der Waals surface area (Å²) in [5, 5.41) is 0. The maximum absolute atomic E-state index is 5.48. The number of unbranched alkanes of at least 4 members (excludes halogenated alkanes) is 1. The predicted octanol–water partition coefficient (Wildman–Crippen LogP) is 2.73. The van der Waals surface area contributed by atoms with Crippen molar-refractivity contribution in [3.05, 3.63) is 0 Å². The van der Waals surface area contributed by atoms with Crippen molar-refractivity contribution in [2.24, 2.45) is 0 Å². The van der Waals surface area contributed by atoms with Crippen LogP contribution in [0.4, 0.5) is 0 Å². The fourth-order valence-electron chi connectivity index (χ4n) is 1.46. The molecule has 0 aromatic carbocycles. The third-order valence-electron chi connectivity index (χ3n) is 2.28. The highest BCUT2D eigenvalue weighted by Gasteiger charge is 2.12. The second-order valence-electron chi connectivity index (χ2n) is 3.67. The minimum atomic E-state index is -0.0251. The Morgan fingerprint density at radius 1 is 1.12 bits per heavy atom. The Morgan fingerprint density at radius 3 is 2.62 bits per heavy atom. The van der Waals surface area contributed by atoms with Crippen molar-refractivity contribution < 1.29 is 9.47 Å². The van der Waals surface area contributed by atoms with Crippen LogP contribution in [0.1, 0.15) is 45.4 Å². The molecule has 1 saturated heterocycles. The van der Waals surface area contributed by atoms with Gasteiger partial charge in [0.1, 0.15) is 6.61 Å². The van der Waals surface area contributed by atoms with Crippen LogP contribution in [0.2, 0.25) is 0 Å². The summed E-state index contributed by atoms with van der Waals surface area (Å²) in [6.45, 7) is 3.35. The Labute approximate surface area is 98.7 Å².